The molecule has 2 aliphatic rings. The van der Waals surface area contributed by atoms with Crippen LogP contribution in [0.4, 0.5) is 0 Å². The van der Waals surface area contributed by atoms with Crippen LogP contribution < -0.4 is 14.8 Å². The fourth-order valence-electron chi connectivity index (χ4n) is 4.42. The number of amides is 1. The van der Waals surface area contributed by atoms with E-state index in [0.717, 1.165) is 48.8 Å². The number of nitrogens with one attached hydrogen (secondary N) is 1. The van der Waals surface area contributed by atoms with Gasteiger partial charge in [-0.05, 0) is 81.6 Å². The third kappa shape index (κ3) is 7.22. The number of nitrogens with zero attached hydrogens (tertiary/aromatic N) is 1. The highest BCUT2D eigenvalue weighted by molar-refractivity contribution is 5.76. The van der Waals surface area contributed by atoms with Crippen LogP contribution in [-0.2, 0) is 11.2 Å². The monoisotopic (exact) mass is 402 g/mol. The fourth-order valence-corrected chi connectivity index (χ4v) is 4.42. The Bertz CT molecular complexity index is 635. The van der Waals surface area contributed by atoms with Crippen molar-refractivity contribution in [3.05, 3.63) is 23.8 Å². The highest BCUT2D eigenvalue weighted by Crippen LogP contribution is 2.29. The van der Waals surface area contributed by atoms with Crippen molar-refractivity contribution in [2.24, 2.45) is 5.92 Å². The molecule has 0 unspecified atom stereocenters. The highest BCUT2D eigenvalue weighted by Gasteiger charge is 2.19. The van der Waals surface area contributed by atoms with E-state index in [4.69, 9.17) is 9.47 Å². The highest BCUT2D eigenvalue weighted by atomic mass is 16.5. The minimum atomic E-state index is 0.158. The average Bonchev–Trinajstić information content (AvgIpc) is 2.75. The molecule has 2 fully saturated rings. The fraction of sp³-hybridized carbons (Fsp3) is 0.708. The van der Waals surface area contributed by atoms with Gasteiger partial charge in [-0.3, -0.25) is 9.69 Å². The molecule has 0 radical (unpaired) electrons. The number of rotatable bonds is 9. The van der Waals surface area contributed by atoms with Gasteiger partial charge in [0.2, 0.25) is 5.91 Å². The van der Waals surface area contributed by atoms with E-state index in [9.17, 15) is 4.79 Å². The first-order valence-corrected chi connectivity index (χ1v) is 11.5. The summed E-state index contributed by atoms with van der Waals surface area (Å²) in [5, 5.41) is 3.21. The standard InChI is InChI=1S/C24H38N2O3/c1-19-6-10-21(11-7-19)25-24(27)13-9-20-8-12-22(23(18-20)28-2)29-17-16-26-14-4-3-5-15-26/h8,12,18-19,21H,3-7,9-11,13-17H2,1-2H3,(H,25,27)/t19-,21-. The van der Waals surface area contributed by atoms with Crippen molar-refractivity contribution in [1.29, 1.82) is 0 Å². The van der Waals surface area contributed by atoms with Crippen molar-refractivity contribution in [2.75, 3.05) is 33.4 Å². The maximum Gasteiger partial charge on any atom is 0.220 e. The lowest BCUT2D eigenvalue weighted by Crippen LogP contribution is -2.37. The van der Waals surface area contributed by atoms with Gasteiger partial charge in [0.15, 0.2) is 11.5 Å². The number of aryl methyl sites for hydroxylation is 1. The van der Waals surface area contributed by atoms with Crippen LogP contribution in [0.25, 0.3) is 0 Å². The van der Waals surface area contributed by atoms with E-state index < -0.39 is 0 Å². The molecule has 3 rings (SSSR count). The Morgan fingerprint density at radius 2 is 1.86 bits per heavy atom. The summed E-state index contributed by atoms with van der Waals surface area (Å²) in [5.41, 5.74) is 1.11. The first-order valence-electron chi connectivity index (χ1n) is 11.5. The number of hydrogen-bond acceptors (Lipinski definition) is 4. The Kier molecular flexibility index (Phi) is 8.66. The summed E-state index contributed by atoms with van der Waals surface area (Å²) in [4.78, 5) is 14.8. The van der Waals surface area contributed by atoms with Gasteiger partial charge in [0.25, 0.3) is 0 Å². The molecule has 1 aliphatic carbocycles. The zero-order chi connectivity index (χ0) is 20.5. The molecule has 162 valence electrons. The van der Waals surface area contributed by atoms with Gasteiger partial charge in [0, 0.05) is 19.0 Å². The third-order valence-electron chi connectivity index (χ3n) is 6.36. The number of piperidine rings is 1. The van der Waals surface area contributed by atoms with E-state index in [1.54, 1.807) is 7.11 Å². The van der Waals surface area contributed by atoms with Gasteiger partial charge in [-0.25, -0.2) is 0 Å². The zero-order valence-electron chi connectivity index (χ0n) is 18.3. The SMILES string of the molecule is COc1cc(CCC(=O)N[C@H]2CC[C@H](C)CC2)ccc1OCCN1CCCCC1. The smallest absolute Gasteiger partial charge is 0.220 e. The summed E-state index contributed by atoms with van der Waals surface area (Å²) in [5.74, 6) is 2.50. The van der Waals surface area contributed by atoms with Crippen LogP contribution in [0.15, 0.2) is 18.2 Å². The van der Waals surface area contributed by atoms with Gasteiger partial charge in [0.05, 0.1) is 7.11 Å². The number of benzene rings is 1. The lowest BCUT2D eigenvalue weighted by Gasteiger charge is -2.27. The van der Waals surface area contributed by atoms with Gasteiger partial charge >= 0.3 is 0 Å². The maximum absolute atomic E-state index is 12.3. The Morgan fingerprint density at radius 1 is 1.10 bits per heavy atom. The average molecular weight is 403 g/mol. The molecule has 5 nitrogen and oxygen atoms in total. The molecule has 0 spiro atoms. The normalized spacial score (nSPS) is 22.8. The lowest BCUT2D eigenvalue weighted by atomic mass is 9.87. The molecule has 1 aromatic carbocycles. The second-order valence-corrected chi connectivity index (χ2v) is 8.76. The second-order valence-electron chi connectivity index (χ2n) is 8.76. The predicted molar refractivity (Wildman–Crippen MR) is 117 cm³/mol. The summed E-state index contributed by atoms with van der Waals surface area (Å²) in [7, 11) is 1.67. The molecule has 0 aromatic heterocycles. The Morgan fingerprint density at radius 3 is 2.59 bits per heavy atom. The molecule has 1 N–H and O–H groups in total. The first-order chi connectivity index (χ1) is 14.1. The van der Waals surface area contributed by atoms with Crippen molar-refractivity contribution in [2.45, 2.75) is 70.8 Å². The number of ether oxygens (including phenoxy) is 2. The lowest BCUT2D eigenvalue weighted by molar-refractivity contribution is -0.122. The van der Waals surface area contributed by atoms with Crippen LogP contribution in [-0.4, -0.2) is 50.2 Å². The van der Waals surface area contributed by atoms with Crippen LogP contribution in [0.1, 0.15) is 63.9 Å². The molecule has 1 amide bonds. The molecule has 0 atom stereocenters. The minimum Gasteiger partial charge on any atom is -0.493 e. The van der Waals surface area contributed by atoms with Crippen molar-refractivity contribution >= 4 is 5.91 Å². The maximum atomic E-state index is 12.3. The van der Waals surface area contributed by atoms with E-state index in [-0.39, 0.29) is 5.91 Å². The van der Waals surface area contributed by atoms with E-state index in [1.807, 2.05) is 18.2 Å². The van der Waals surface area contributed by atoms with Crippen molar-refractivity contribution in [3.63, 3.8) is 0 Å². The van der Waals surface area contributed by atoms with Gasteiger partial charge in [-0.1, -0.05) is 19.4 Å². The molecule has 1 saturated carbocycles. The molecule has 1 aromatic rings. The van der Waals surface area contributed by atoms with Gasteiger partial charge in [-0.15, -0.1) is 0 Å². The van der Waals surface area contributed by atoms with Crippen LogP contribution in [0.3, 0.4) is 0 Å². The number of hydrogen-bond donors (Lipinski definition) is 1. The van der Waals surface area contributed by atoms with Gasteiger partial charge in [-0.2, -0.15) is 0 Å². The van der Waals surface area contributed by atoms with Crippen LogP contribution in [0.5, 0.6) is 11.5 Å². The predicted octanol–water partition coefficient (Wildman–Crippen LogP) is 4.19. The van der Waals surface area contributed by atoms with Crippen LogP contribution >= 0.6 is 0 Å². The van der Waals surface area contributed by atoms with Crippen molar-refractivity contribution in [1.82, 2.24) is 10.2 Å². The summed E-state index contributed by atoms with van der Waals surface area (Å²) in [6, 6.07) is 6.40. The van der Waals surface area contributed by atoms with Gasteiger partial charge in [0.1, 0.15) is 6.61 Å². The number of carbonyl (C=O) groups is 1. The molecule has 0 bridgehead atoms. The Hall–Kier alpha value is -1.75. The van der Waals surface area contributed by atoms with E-state index in [0.29, 0.717) is 19.1 Å². The molecular formula is C24H38N2O3. The van der Waals surface area contributed by atoms with Crippen molar-refractivity contribution < 1.29 is 14.3 Å². The largest absolute Gasteiger partial charge is 0.493 e. The number of likely N-dealkylation sites (tertiary alicyclic amines) is 1. The quantitative estimate of drug-likeness (QED) is 0.673. The third-order valence-corrected chi connectivity index (χ3v) is 6.36. The van der Waals surface area contributed by atoms with E-state index in [1.165, 1.54) is 45.2 Å². The first kappa shape index (κ1) is 21.9. The number of carbonyl (C=O) groups excluding carboxylic acids is 1. The van der Waals surface area contributed by atoms with Crippen LogP contribution in [0, 0.1) is 5.92 Å². The van der Waals surface area contributed by atoms with E-state index in [2.05, 4.69) is 17.1 Å². The second kappa shape index (κ2) is 11.4. The summed E-state index contributed by atoms with van der Waals surface area (Å²) in [6.45, 7) is 6.30. The Balaban J connectivity index is 1.42. The molecule has 29 heavy (non-hydrogen) atoms. The summed E-state index contributed by atoms with van der Waals surface area (Å²) < 4.78 is 11.5. The number of methoxy groups -OCH3 is 1. The van der Waals surface area contributed by atoms with E-state index >= 15 is 0 Å². The van der Waals surface area contributed by atoms with Gasteiger partial charge < -0.3 is 14.8 Å². The topological polar surface area (TPSA) is 50.8 Å². The minimum absolute atomic E-state index is 0.158. The summed E-state index contributed by atoms with van der Waals surface area (Å²) >= 11 is 0. The molecule has 1 aliphatic heterocycles. The molecule has 1 saturated heterocycles. The Labute approximate surface area is 176 Å². The molecular weight excluding hydrogens is 364 g/mol. The zero-order valence-corrected chi connectivity index (χ0v) is 18.3. The molecule has 5 heteroatoms. The molecule has 1 heterocycles. The van der Waals surface area contributed by atoms with Crippen LogP contribution in [0.2, 0.25) is 0 Å². The van der Waals surface area contributed by atoms with Crippen molar-refractivity contribution in [3.8, 4) is 11.5 Å². The summed E-state index contributed by atoms with van der Waals surface area (Å²) in [6.07, 6.45) is 9.86.